The van der Waals surface area contributed by atoms with E-state index in [9.17, 15) is 30.0 Å². The van der Waals surface area contributed by atoms with Crippen LogP contribution in [0.1, 0.15) is 88.0 Å². The van der Waals surface area contributed by atoms with Gasteiger partial charge in [0.25, 0.3) is 0 Å². The average Bonchev–Trinajstić information content (AvgIpc) is 3.48. The predicted octanol–water partition coefficient (Wildman–Crippen LogP) is 1.80. The number of likely N-dealkylation sites (N-methyl/N-ethyl adjacent to an activating group) is 1. The number of ether oxygens (including phenoxy) is 7. The summed E-state index contributed by atoms with van der Waals surface area (Å²) in [4.78, 5) is 30.0. The first-order valence-electron chi connectivity index (χ1n) is 18.6. The van der Waals surface area contributed by atoms with Crippen molar-refractivity contribution in [3.8, 4) is 0 Å². The lowest BCUT2D eigenvalue weighted by Gasteiger charge is -2.48. The molecule has 14 heteroatoms. The van der Waals surface area contributed by atoms with Crippen molar-refractivity contribution in [3.05, 3.63) is 0 Å². The van der Waals surface area contributed by atoms with E-state index in [-0.39, 0.29) is 43.8 Å². The van der Waals surface area contributed by atoms with Gasteiger partial charge < -0.3 is 58.5 Å². The smallest absolute Gasteiger partial charge is 0.311 e. The van der Waals surface area contributed by atoms with Gasteiger partial charge in [0.05, 0.1) is 54.2 Å². The van der Waals surface area contributed by atoms with Gasteiger partial charge in [0.1, 0.15) is 29.7 Å². The lowest BCUT2D eigenvalue weighted by Crippen LogP contribution is -2.60. The Morgan fingerprint density at radius 1 is 0.922 bits per heavy atom. The number of carbonyl (C=O) groups excluding carboxylic acids is 2. The fraction of sp³-hybridized carbons (Fsp3) is 0.946. The molecule has 0 aromatic heterocycles. The molecule has 4 saturated heterocycles. The van der Waals surface area contributed by atoms with Crippen molar-refractivity contribution >= 4 is 11.8 Å². The highest BCUT2D eigenvalue weighted by atomic mass is 16.7. The summed E-state index contributed by atoms with van der Waals surface area (Å²) in [7, 11) is 5.27. The van der Waals surface area contributed by atoms with Crippen molar-refractivity contribution in [1.82, 2.24) is 4.90 Å². The Morgan fingerprint density at radius 3 is 2.16 bits per heavy atom. The number of hydrogen-bond donors (Lipinski definition) is 4. The van der Waals surface area contributed by atoms with Gasteiger partial charge in [-0.3, -0.25) is 9.59 Å². The highest BCUT2D eigenvalue weighted by Crippen LogP contribution is 2.44. The molecule has 18 atom stereocenters. The van der Waals surface area contributed by atoms with E-state index in [1.807, 2.05) is 39.8 Å². The summed E-state index contributed by atoms with van der Waals surface area (Å²) in [6.45, 7) is 15.4. The minimum atomic E-state index is -1.95. The SMILES string of the molecule is CC[C@H]1OC(=O)[C@H](C)[C@@H](O[C@H]2C[C@@](C)(OC)[C@@H](O)[C@H](C)O2)[C@H](C)[C@@H](O[C@@H]2O[C@H](C)C[C@H](N(C)C)[C@@H]2O)[C@@]2(C)C[C@@H](CO2)C(=O)[C@H](C)[C@@H](O)[C@]1(C)O. The number of Topliss-reactive ketones (excluding diaryl/α,β-unsaturated/α-hetero) is 1. The van der Waals surface area contributed by atoms with Gasteiger partial charge in [0, 0.05) is 37.3 Å². The maximum absolute atomic E-state index is 14.1. The molecule has 51 heavy (non-hydrogen) atoms. The molecule has 0 aliphatic carbocycles. The molecular weight excluding hydrogens is 666 g/mol. The monoisotopic (exact) mass is 731 g/mol. The summed E-state index contributed by atoms with van der Waals surface area (Å²) >= 11 is 0. The normalized spacial score (nSPS) is 50.6. The number of ketones is 1. The number of aliphatic hydroxyl groups is 4. The molecule has 4 rings (SSSR count). The topological polar surface area (TPSA) is 183 Å². The molecule has 0 aromatic carbocycles. The summed E-state index contributed by atoms with van der Waals surface area (Å²) in [5, 5.41) is 45.4. The van der Waals surface area contributed by atoms with E-state index in [4.69, 9.17) is 33.2 Å². The van der Waals surface area contributed by atoms with Gasteiger partial charge in [0.15, 0.2) is 12.6 Å². The summed E-state index contributed by atoms with van der Waals surface area (Å²) in [6, 6.07) is -0.267. The third-order valence-electron chi connectivity index (χ3n) is 12.3. The zero-order valence-electron chi connectivity index (χ0n) is 32.6. The molecule has 0 aromatic rings. The molecule has 2 bridgehead atoms. The van der Waals surface area contributed by atoms with Crippen molar-refractivity contribution < 1.29 is 63.2 Å². The standard InChI is InChI=1S/C37H65NO13/c1-13-25-37(9,44)30(41)19(3)27(39)23-15-36(8,46-17-23)32(51-34-28(40)24(38(10)11)14-18(2)47-34)20(4)29(21(5)33(43)49-25)50-26-16-35(7,45-12)31(42)22(6)48-26/h18-26,28-32,34,40-42,44H,13-17H2,1-12H3/t18-,19+,20+,21-,22+,23+,24+,25-,26+,28+,29+,30-,31+,32-,34+,35-,36-,37-/m1/s1. The number of hydrogen-bond acceptors (Lipinski definition) is 14. The maximum atomic E-state index is 14.1. The Bertz CT molecular complexity index is 1200. The van der Waals surface area contributed by atoms with E-state index in [2.05, 4.69) is 0 Å². The lowest BCUT2D eigenvalue weighted by atomic mass is 9.75. The third-order valence-corrected chi connectivity index (χ3v) is 12.3. The van der Waals surface area contributed by atoms with Gasteiger partial charge in [-0.2, -0.15) is 0 Å². The van der Waals surface area contributed by atoms with Gasteiger partial charge in [-0.15, -0.1) is 0 Å². The number of cyclic esters (lactones) is 1. The van der Waals surface area contributed by atoms with Crippen LogP contribution in [0.4, 0.5) is 0 Å². The number of rotatable bonds is 7. The number of nitrogens with zero attached hydrogens (tertiary/aromatic N) is 1. The lowest BCUT2D eigenvalue weighted by molar-refractivity contribution is -0.317. The molecule has 0 saturated carbocycles. The van der Waals surface area contributed by atoms with Crippen LogP contribution in [-0.2, 0) is 42.7 Å². The first-order chi connectivity index (χ1) is 23.6. The Kier molecular flexibility index (Phi) is 13.5. The molecule has 0 spiro atoms. The highest BCUT2D eigenvalue weighted by molar-refractivity contribution is 5.84. The second kappa shape index (κ2) is 16.2. The number of aliphatic hydroxyl groups excluding tert-OH is 3. The first kappa shape index (κ1) is 42.4. The van der Waals surface area contributed by atoms with Crippen molar-refractivity contribution in [2.24, 2.45) is 23.7 Å². The average molecular weight is 732 g/mol. The van der Waals surface area contributed by atoms with Crippen LogP contribution in [0.15, 0.2) is 0 Å². The number of methoxy groups -OCH3 is 1. The van der Waals surface area contributed by atoms with E-state index in [1.165, 1.54) is 14.0 Å². The largest absolute Gasteiger partial charge is 0.459 e. The number of esters is 1. The van der Waals surface area contributed by atoms with E-state index in [0.29, 0.717) is 6.42 Å². The van der Waals surface area contributed by atoms with Crippen LogP contribution in [0.3, 0.4) is 0 Å². The molecule has 0 unspecified atom stereocenters. The summed E-state index contributed by atoms with van der Waals surface area (Å²) in [6.07, 6.45) is -8.40. The van der Waals surface area contributed by atoms with Gasteiger partial charge in [-0.1, -0.05) is 20.8 Å². The molecule has 296 valence electrons. The molecule has 0 amide bonds. The maximum Gasteiger partial charge on any atom is 0.311 e. The van der Waals surface area contributed by atoms with E-state index < -0.39 is 102 Å². The summed E-state index contributed by atoms with van der Waals surface area (Å²) in [5.41, 5.74) is -4.12. The molecule has 4 fully saturated rings. The van der Waals surface area contributed by atoms with E-state index >= 15 is 0 Å². The predicted molar refractivity (Wildman–Crippen MR) is 184 cm³/mol. The van der Waals surface area contributed by atoms with Crippen LogP contribution in [0.2, 0.25) is 0 Å². The van der Waals surface area contributed by atoms with Crippen molar-refractivity contribution in [3.63, 3.8) is 0 Å². The van der Waals surface area contributed by atoms with E-state index in [1.54, 1.807) is 34.6 Å². The van der Waals surface area contributed by atoms with E-state index in [0.717, 1.165) is 0 Å². The molecule has 4 aliphatic rings. The van der Waals surface area contributed by atoms with Crippen LogP contribution in [0, 0.1) is 23.7 Å². The molecule has 4 N–H and O–H groups in total. The zero-order chi connectivity index (χ0) is 38.4. The molecule has 4 heterocycles. The molecule has 4 aliphatic heterocycles. The Labute approximate surface area is 303 Å². The first-order valence-corrected chi connectivity index (χ1v) is 18.6. The van der Waals surface area contributed by atoms with Gasteiger partial charge in [-0.05, 0) is 74.9 Å². The van der Waals surface area contributed by atoms with Crippen LogP contribution < -0.4 is 0 Å². The minimum absolute atomic E-state index is 0.0347. The number of fused-ring (bicyclic) bond motifs is 2. The van der Waals surface area contributed by atoms with Crippen molar-refractivity contribution in [2.75, 3.05) is 27.8 Å². The Balaban J connectivity index is 1.82. The summed E-state index contributed by atoms with van der Waals surface area (Å²) in [5.74, 6) is -4.31. The Morgan fingerprint density at radius 2 is 1.57 bits per heavy atom. The van der Waals surface area contributed by atoms with Crippen molar-refractivity contribution in [2.45, 2.75) is 172 Å². The molecule has 0 radical (unpaired) electrons. The van der Waals surface area contributed by atoms with Crippen LogP contribution in [0.5, 0.6) is 0 Å². The van der Waals surface area contributed by atoms with Crippen LogP contribution in [0.25, 0.3) is 0 Å². The zero-order valence-corrected chi connectivity index (χ0v) is 32.6. The minimum Gasteiger partial charge on any atom is -0.459 e. The van der Waals surface area contributed by atoms with Gasteiger partial charge in [-0.25, -0.2) is 0 Å². The van der Waals surface area contributed by atoms with Gasteiger partial charge in [0.2, 0.25) is 0 Å². The highest BCUT2D eigenvalue weighted by Gasteiger charge is 2.56. The quantitative estimate of drug-likeness (QED) is 0.278. The fourth-order valence-electron chi connectivity index (χ4n) is 8.76. The second-order valence-corrected chi connectivity index (χ2v) is 16.5. The van der Waals surface area contributed by atoms with Crippen LogP contribution >= 0.6 is 0 Å². The molecular formula is C37H65NO13. The van der Waals surface area contributed by atoms with Crippen LogP contribution in [-0.4, -0.2) is 149 Å². The second-order valence-electron chi connectivity index (χ2n) is 16.5. The summed E-state index contributed by atoms with van der Waals surface area (Å²) < 4.78 is 44.0. The van der Waals surface area contributed by atoms with Gasteiger partial charge >= 0.3 is 5.97 Å². The molecule has 14 nitrogen and oxygen atoms in total. The number of carbonyl (C=O) groups is 2. The van der Waals surface area contributed by atoms with Crippen molar-refractivity contribution in [1.29, 1.82) is 0 Å². The third kappa shape index (κ3) is 8.51. The fourth-order valence-corrected chi connectivity index (χ4v) is 8.76. The Hall–Kier alpha value is -1.30.